The van der Waals surface area contributed by atoms with Gasteiger partial charge in [-0.15, -0.1) is 0 Å². The smallest absolute Gasteiger partial charge is 0.234 e. The number of nitrogens with zero attached hydrogens (tertiary/aromatic N) is 2. The van der Waals surface area contributed by atoms with Crippen LogP contribution >= 0.6 is 0 Å². The van der Waals surface area contributed by atoms with Gasteiger partial charge in [0.2, 0.25) is 5.91 Å². The Balaban J connectivity index is 1.44. The Labute approximate surface area is 248 Å². The van der Waals surface area contributed by atoms with Gasteiger partial charge in [-0.2, -0.15) is 0 Å². The van der Waals surface area contributed by atoms with Gasteiger partial charge in [-0.1, -0.05) is 78.9 Å². The molecule has 2 aliphatic rings. The quantitative estimate of drug-likeness (QED) is 0.371. The molecule has 5 rings (SSSR count). The molecule has 2 fully saturated rings. The van der Waals surface area contributed by atoms with E-state index in [9.17, 15) is 14.4 Å². The summed E-state index contributed by atoms with van der Waals surface area (Å²) >= 11 is 0. The van der Waals surface area contributed by atoms with Crippen LogP contribution < -0.4 is 5.32 Å². The minimum atomic E-state index is -0.486. The molecule has 42 heavy (non-hydrogen) atoms. The van der Waals surface area contributed by atoms with Crippen LogP contribution in [-0.2, 0) is 9.53 Å². The number of morpholine rings is 1. The number of hydrogen-bond acceptors (Lipinski definition) is 6. The largest absolute Gasteiger partial charge is 0.379 e. The van der Waals surface area contributed by atoms with Gasteiger partial charge >= 0.3 is 0 Å². The summed E-state index contributed by atoms with van der Waals surface area (Å²) in [5.74, 6) is -1.37. The van der Waals surface area contributed by atoms with Gasteiger partial charge in [0.15, 0.2) is 11.6 Å². The molecular formula is C35H41N3O4. The lowest BCUT2D eigenvalue weighted by molar-refractivity contribution is -0.123. The highest BCUT2D eigenvalue weighted by Gasteiger charge is 2.45. The first-order chi connectivity index (χ1) is 20.4. The molecule has 0 saturated carbocycles. The first-order valence-corrected chi connectivity index (χ1v) is 15.0. The topological polar surface area (TPSA) is 79.0 Å². The van der Waals surface area contributed by atoms with Crippen molar-refractivity contribution in [1.82, 2.24) is 15.1 Å². The van der Waals surface area contributed by atoms with Crippen LogP contribution in [0, 0.1) is 25.7 Å². The van der Waals surface area contributed by atoms with Gasteiger partial charge in [-0.05, 0) is 30.5 Å². The van der Waals surface area contributed by atoms with E-state index in [-0.39, 0.29) is 29.9 Å². The third-order valence-corrected chi connectivity index (χ3v) is 8.79. The molecule has 0 aromatic heterocycles. The summed E-state index contributed by atoms with van der Waals surface area (Å²) in [6.45, 7) is 9.59. The predicted octanol–water partition coefficient (Wildman–Crippen LogP) is 4.15. The van der Waals surface area contributed by atoms with E-state index >= 15 is 0 Å². The summed E-state index contributed by atoms with van der Waals surface area (Å²) in [5.41, 5.74) is 4.52. The SMILES string of the molecule is Cc1cccc(C2[C@@H](C(=O)c3ccccc3)CN(CC(=O)NCCN3CCOCC3)C[C@@H]2C(=O)c2ccccc2)c1C. The van der Waals surface area contributed by atoms with Gasteiger partial charge in [0.05, 0.1) is 19.8 Å². The maximum atomic E-state index is 14.2. The van der Waals surface area contributed by atoms with Crippen LogP contribution in [0.4, 0.5) is 0 Å². The number of piperidine rings is 1. The van der Waals surface area contributed by atoms with Gasteiger partial charge in [0, 0.05) is 68.1 Å². The fourth-order valence-electron chi connectivity index (χ4n) is 6.40. The van der Waals surface area contributed by atoms with Crippen LogP contribution in [-0.4, -0.2) is 86.3 Å². The summed E-state index contributed by atoms with van der Waals surface area (Å²) in [7, 11) is 0. The summed E-state index contributed by atoms with van der Waals surface area (Å²) in [6.07, 6.45) is 0. The molecule has 2 heterocycles. The third kappa shape index (κ3) is 7.04. The van der Waals surface area contributed by atoms with Crippen molar-refractivity contribution in [2.45, 2.75) is 19.8 Å². The fraction of sp³-hybridized carbons (Fsp3) is 0.400. The number of likely N-dealkylation sites (tertiary alicyclic amines) is 1. The highest BCUT2D eigenvalue weighted by molar-refractivity contribution is 6.02. The van der Waals surface area contributed by atoms with Gasteiger partial charge in [-0.25, -0.2) is 0 Å². The van der Waals surface area contributed by atoms with Crippen molar-refractivity contribution in [3.05, 3.63) is 107 Å². The van der Waals surface area contributed by atoms with Crippen LogP contribution in [0.25, 0.3) is 0 Å². The van der Waals surface area contributed by atoms with Crippen LogP contribution in [0.15, 0.2) is 78.9 Å². The third-order valence-electron chi connectivity index (χ3n) is 8.79. The summed E-state index contributed by atoms with van der Waals surface area (Å²) in [5, 5.41) is 3.06. The fourth-order valence-corrected chi connectivity index (χ4v) is 6.40. The number of rotatable bonds is 10. The monoisotopic (exact) mass is 567 g/mol. The molecular weight excluding hydrogens is 526 g/mol. The summed E-state index contributed by atoms with van der Waals surface area (Å²) in [4.78, 5) is 45.8. The minimum Gasteiger partial charge on any atom is -0.379 e. The van der Waals surface area contributed by atoms with E-state index in [0.29, 0.717) is 30.8 Å². The Bertz CT molecular complexity index is 1310. The highest BCUT2D eigenvalue weighted by atomic mass is 16.5. The number of Topliss-reactive ketones (excluding diaryl/α,β-unsaturated/α-hetero) is 2. The van der Waals surface area contributed by atoms with E-state index in [0.717, 1.165) is 49.5 Å². The molecule has 0 unspecified atom stereocenters. The van der Waals surface area contributed by atoms with E-state index in [1.54, 1.807) is 0 Å². The number of carbonyl (C=O) groups is 3. The highest BCUT2D eigenvalue weighted by Crippen LogP contribution is 2.42. The number of nitrogens with one attached hydrogen (secondary N) is 1. The van der Waals surface area contributed by atoms with Crippen LogP contribution in [0.2, 0.25) is 0 Å². The van der Waals surface area contributed by atoms with Crippen molar-refractivity contribution in [2.24, 2.45) is 11.8 Å². The molecule has 3 aromatic carbocycles. The Hall–Kier alpha value is -3.65. The van der Waals surface area contributed by atoms with E-state index < -0.39 is 11.8 Å². The maximum absolute atomic E-state index is 14.2. The zero-order chi connectivity index (χ0) is 29.5. The molecule has 2 aliphatic heterocycles. The van der Waals surface area contributed by atoms with Crippen molar-refractivity contribution in [1.29, 1.82) is 0 Å². The molecule has 1 N–H and O–H groups in total. The van der Waals surface area contributed by atoms with Crippen molar-refractivity contribution < 1.29 is 19.1 Å². The second-order valence-corrected chi connectivity index (χ2v) is 11.5. The first-order valence-electron chi connectivity index (χ1n) is 15.0. The lowest BCUT2D eigenvalue weighted by atomic mass is 9.67. The van der Waals surface area contributed by atoms with Gasteiger partial charge in [0.1, 0.15) is 0 Å². The molecule has 0 spiro atoms. The number of benzene rings is 3. The Morgan fingerprint density at radius 3 is 1.90 bits per heavy atom. The maximum Gasteiger partial charge on any atom is 0.234 e. The molecule has 0 aliphatic carbocycles. The number of carbonyl (C=O) groups excluding carboxylic acids is 3. The first kappa shape index (κ1) is 29.8. The lowest BCUT2D eigenvalue weighted by Gasteiger charge is -2.43. The molecule has 7 nitrogen and oxygen atoms in total. The second kappa shape index (κ2) is 14.0. The van der Waals surface area contributed by atoms with Crippen LogP contribution in [0.3, 0.4) is 0 Å². The molecule has 1 amide bonds. The number of aryl methyl sites for hydroxylation is 1. The van der Waals surface area contributed by atoms with E-state index in [1.165, 1.54) is 0 Å². The van der Waals surface area contributed by atoms with Crippen molar-refractivity contribution in [2.75, 3.05) is 59.0 Å². The number of ether oxygens (including phenoxy) is 1. The molecule has 0 bridgehead atoms. The minimum absolute atomic E-state index is 0.00444. The average Bonchev–Trinajstić information content (AvgIpc) is 3.03. The molecule has 220 valence electrons. The van der Waals surface area contributed by atoms with Crippen molar-refractivity contribution >= 4 is 17.5 Å². The number of amides is 1. The summed E-state index contributed by atoms with van der Waals surface area (Å²) in [6, 6.07) is 24.8. The molecule has 2 atom stereocenters. The molecule has 0 radical (unpaired) electrons. The zero-order valence-electron chi connectivity index (χ0n) is 24.6. The average molecular weight is 568 g/mol. The van der Waals surface area contributed by atoms with Gasteiger partial charge < -0.3 is 10.1 Å². The van der Waals surface area contributed by atoms with Crippen LogP contribution in [0.1, 0.15) is 43.3 Å². The Morgan fingerprint density at radius 2 is 1.33 bits per heavy atom. The standard InChI is InChI=1S/C35H41N3O4/c1-25-10-9-15-29(26(25)2)33-30(34(40)27-11-5-3-6-12-27)22-38(23-31(33)35(41)28-13-7-4-8-14-28)24-32(39)36-16-17-37-18-20-42-21-19-37/h3-15,30-31,33H,16-24H2,1-2H3,(H,36,39)/t30-,31-/m0/s1. The number of ketones is 2. The Morgan fingerprint density at radius 1 is 0.762 bits per heavy atom. The zero-order valence-corrected chi connectivity index (χ0v) is 24.6. The summed E-state index contributed by atoms with van der Waals surface area (Å²) < 4.78 is 5.41. The van der Waals surface area contributed by atoms with E-state index in [4.69, 9.17) is 4.74 Å². The molecule has 3 aromatic rings. The molecule has 2 saturated heterocycles. The molecule has 7 heteroatoms. The van der Waals surface area contributed by atoms with Crippen LogP contribution in [0.5, 0.6) is 0 Å². The normalized spacial score (nSPS) is 20.2. The Kier molecular flexibility index (Phi) is 9.95. The van der Waals surface area contributed by atoms with E-state index in [1.807, 2.05) is 71.6 Å². The number of hydrogen-bond donors (Lipinski definition) is 1. The van der Waals surface area contributed by atoms with Crippen molar-refractivity contribution in [3.63, 3.8) is 0 Å². The van der Waals surface area contributed by atoms with Gasteiger partial charge in [0.25, 0.3) is 0 Å². The predicted molar refractivity (Wildman–Crippen MR) is 164 cm³/mol. The van der Waals surface area contributed by atoms with E-state index in [2.05, 4.69) is 36.2 Å². The van der Waals surface area contributed by atoms with Crippen molar-refractivity contribution in [3.8, 4) is 0 Å². The second-order valence-electron chi connectivity index (χ2n) is 11.5. The van der Waals surface area contributed by atoms with Gasteiger partial charge in [-0.3, -0.25) is 24.2 Å². The lowest BCUT2D eigenvalue weighted by Crippen LogP contribution is -2.53.